The molecule has 1 aromatic heterocycles. The first-order valence-electron chi connectivity index (χ1n) is 10.3. The number of nitrogens with one attached hydrogen (secondary N) is 1. The van der Waals surface area contributed by atoms with Gasteiger partial charge in [-0.25, -0.2) is 13.1 Å². The minimum Gasteiger partial charge on any atom is -0.325 e. The Morgan fingerprint density at radius 2 is 1.97 bits per heavy atom. The lowest BCUT2D eigenvalue weighted by Gasteiger charge is -2.33. The summed E-state index contributed by atoms with van der Waals surface area (Å²) in [5.74, 6) is -0.347. The zero-order valence-corrected chi connectivity index (χ0v) is 18.7. The summed E-state index contributed by atoms with van der Waals surface area (Å²) >= 11 is 5.90. The molecule has 1 atom stereocenters. The molecule has 1 saturated heterocycles. The third-order valence-electron chi connectivity index (χ3n) is 5.40. The van der Waals surface area contributed by atoms with Gasteiger partial charge in [-0.3, -0.25) is 4.79 Å². The van der Waals surface area contributed by atoms with Crippen LogP contribution in [0.3, 0.4) is 0 Å². The van der Waals surface area contributed by atoms with Gasteiger partial charge in [0.15, 0.2) is 0 Å². The maximum absolute atomic E-state index is 13.4. The Kier molecular flexibility index (Phi) is 6.27. The number of aromatic nitrogens is 3. The molecule has 2 heterocycles. The van der Waals surface area contributed by atoms with Crippen molar-refractivity contribution in [3.8, 4) is 0 Å². The van der Waals surface area contributed by atoms with Crippen LogP contribution in [-0.4, -0.2) is 46.2 Å². The Balaban J connectivity index is 1.61. The predicted molar refractivity (Wildman–Crippen MR) is 119 cm³/mol. The Morgan fingerprint density at radius 1 is 1.19 bits per heavy atom. The van der Waals surface area contributed by atoms with Crippen LogP contribution in [0.15, 0.2) is 47.4 Å². The minimum atomic E-state index is -3.88. The average Bonchev–Trinajstić information content (AvgIpc) is 3.18. The van der Waals surface area contributed by atoms with Gasteiger partial charge in [0.2, 0.25) is 15.9 Å². The third-order valence-corrected chi connectivity index (χ3v) is 7.55. The molecule has 1 aliphatic heterocycles. The molecule has 1 aliphatic rings. The Hall–Kier alpha value is -2.49. The van der Waals surface area contributed by atoms with E-state index in [0.29, 0.717) is 42.2 Å². The van der Waals surface area contributed by atoms with Crippen LogP contribution in [0.25, 0.3) is 11.0 Å². The second-order valence-corrected chi connectivity index (χ2v) is 9.91. The first kappa shape index (κ1) is 21.7. The van der Waals surface area contributed by atoms with Gasteiger partial charge in [0.25, 0.3) is 0 Å². The highest BCUT2D eigenvalue weighted by atomic mass is 35.5. The van der Waals surface area contributed by atoms with Gasteiger partial charge in [0, 0.05) is 23.8 Å². The van der Waals surface area contributed by atoms with Crippen molar-refractivity contribution < 1.29 is 13.2 Å². The van der Waals surface area contributed by atoms with Crippen LogP contribution < -0.4 is 5.32 Å². The fourth-order valence-corrected chi connectivity index (χ4v) is 5.64. The summed E-state index contributed by atoms with van der Waals surface area (Å²) in [6.45, 7) is 3.04. The average molecular weight is 462 g/mol. The molecule has 3 aromatic rings. The van der Waals surface area contributed by atoms with Gasteiger partial charge in [-0.1, -0.05) is 30.2 Å². The maximum Gasteiger partial charge on any atom is 0.243 e. The molecule has 0 spiro atoms. The lowest BCUT2D eigenvalue weighted by Crippen LogP contribution is -2.49. The molecule has 0 aliphatic carbocycles. The van der Waals surface area contributed by atoms with Crippen LogP contribution in [0.5, 0.6) is 0 Å². The zero-order valence-electron chi connectivity index (χ0n) is 17.2. The van der Waals surface area contributed by atoms with Crippen molar-refractivity contribution in [2.24, 2.45) is 0 Å². The molecule has 31 heavy (non-hydrogen) atoms. The van der Waals surface area contributed by atoms with Crippen molar-refractivity contribution >= 4 is 44.3 Å². The molecule has 1 N–H and O–H groups in total. The molecule has 10 heteroatoms. The largest absolute Gasteiger partial charge is 0.325 e. The number of rotatable bonds is 6. The normalized spacial score (nSPS) is 17.7. The van der Waals surface area contributed by atoms with Crippen LogP contribution in [-0.2, 0) is 21.4 Å². The lowest BCUT2D eigenvalue weighted by atomic mass is 10.0. The highest BCUT2D eigenvalue weighted by molar-refractivity contribution is 7.89. The van der Waals surface area contributed by atoms with Crippen LogP contribution in [0, 0.1) is 0 Å². The number of sulfonamides is 1. The molecule has 1 fully saturated rings. The van der Waals surface area contributed by atoms with Crippen molar-refractivity contribution in [1.82, 2.24) is 19.3 Å². The number of anilines is 1. The molecule has 1 amide bonds. The van der Waals surface area contributed by atoms with Crippen molar-refractivity contribution in [3.63, 3.8) is 0 Å². The van der Waals surface area contributed by atoms with Crippen molar-refractivity contribution in [3.05, 3.63) is 47.5 Å². The minimum absolute atomic E-state index is 0.120. The Bertz CT molecular complexity index is 1190. The molecule has 8 nitrogen and oxygen atoms in total. The van der Waals surface area contributed by atoms with E-state index in [1.807, 2.05) is 6.92 Å². The number of hydrogen-bond acceptors (Lipinski definition) is 5. The molecule has 0 saturated carbocycles. The zero-order chi connectivity index (χ0) is 22.0. The van der Waals surface area contributed by atoms with E-state index >= 15 is 0 Å². The number of benzene rings is 2. The van der Waals surface area contributed by atoms with Gasteiger partial charge >= 0.3 is 0 Å². The summed E-state index contributed by atoms with van der Waals surface area (Å²) in [7, 11) is -3.88. The number of carbonyl (C=O) groups excluding carboxylic acids is 1. The SMILES string of the molecule is CCCn1nnc2cc(S(=O)(=O)N3CCCC[C@H]3C(=O)Nc3ccc(Cl)cc3)ccc21. The molecule has 2 aromatic carbocycles. The lowest BCUT2D eigenvalue weighted by molar-refractivity contribution is -0.120. The van der Waals surface area contributed by atoms with E-state index in [0.717, 1.165) is 18.4 Å². The number of amides is 1. The first-order valence-corrected chi connectivity index (χ1v) is 12.1. The summed E-state index contributed by atoms with van der Waals surface area (Å²) < 4.78 is 30.0. The first-order chi connectivity index (χ1) is 14.9. The summed E-state index contributed by atoms with van der Waals surface area (Å²) in [6, 6.07) is 10.8. The number of carbonyl (C=O) groups is 1. The van der Waals surface area contributed by atoms with Crippen LogP contribution in [0.4, 0.5) is 5.69 Å². The van der Waals surface area contributed by atoms with Gasteiger partial charge in [-0.05, 0) is 61.7 Å². The predicted octanol–water partition coefficient (Wildman–Crippen LogP) is 3.68. The smallest absolute Gasteiger partial charge is 0.243 e. The van der Waals surface area contributed by atoms with Crippen LogP contribution in [0.2, 0.25) is 5.02 Å². The summed E-state index contributed by atoms with van der Waals surface area (Å²) in [5, 5.41) is 11.6. The van der Waals surface area contributed by atoms with E-state index in [1.54, 1.807) is 41.1 Å². The highest BCUT2D eigenvalue weighted by Gasteiger charge is 2.37. The van der Waals surface area contributed by atoms with Crippen LogP contribution in [0.1, 0.15) is 32.6 Å². The van der Waals surface area contributed by atoms with Gasteiger partial charge in [0.05, 0.1) is 10.4 Å². The van der Waals surface area contributed by atoms with E-state index in [2.05, 4.69) is 15.6 Å². The van der Waals surface area contributed by atoms with Gasteiger partial charge in [-0.15, -0.1) is 5.10 Å². The summed E-state index contributed by atoms with van der Waals surface area (Å²) in [6.07, 6.45) is 2.86. The van der Waals surface area contributed by atoms with E-state index < -0.39 is 16.1 Å². The molecule has 0 bridgehead atoms. The topological polar surface area (TPSA) is 97.2 Å². The number of fused-ring (bicyclic) bond motifs is 1. The van der Waals surface area contributed by atoms with E-state index in [1.165, 1.54) is 10.4 Å². The second-order valence-electron chi connectivity index (χ2n) is 7.59. The van der Waals surface area contributed by atoms with Crippen molar-refractivity contribution in [2.45, 2.75) is 50.1 Å². The highest BCUT2D eigenvalue weighted by Crippen LogP contribution is 2.28. The van der Waals surface area contributed by atoms with E-state index in [4.69, 9.17) is 11.6 Å². The fraction of sp³-hybridized carbons (Fsp3) is 0.381. The molecule has 164 valence electrons. The molecule has 0 unspecified atom stereocenters. The van der Waals surface area contributed by atoms with Gasteiger partial charge < -0.3 is 5.32 Å². The van der Waals surface area contributed by atoms with Gasteiger partial charge in [-0.2, -0.15) is 4.31 Å². The quantitative estimate of drug-likeness (QED) is 0.604. The van der Waals surface area contributed by atoms with E-state index in [-0.39, 0.29) is 10.8 Å². The maximum atomic E-state index is 13.4. The van der Waals surface area contributed by atoms with E-state index in [9.17, 15) is 13.2 Å². The standard InChI is InChI=1S/C21H24ClN5O3S/c1-2-12-26-19-11-10-17(14-18(19)24-25-26)31(29,30)27-13-4-3-5-20(27)21(28)23-16-8-6-15(22)7-9-16/h6-11,14,20H,2-5,12-13H2,1H3,(H,23,28)/t20-/m0/s1. The Morgan fingerprint density at radius 3 is 2.71 bits per heavy atom. The third kappa shape index (κ3) is 4.44. The number of hydrogen-bond donors (Lipinski definition) is 1. The molecular formula is C21H24ClN5O3S. The van der Waals surface area contributed by atoms with Crippen molar-refractivity contribution in [2.75, 3.05) is 11.9 Å². The second kappa shape index (κ2) is 8.94. The number of aryl methyl sites for hydroxylation is 1. The Labute approximate surface area is 186 Å². The number of nitrogens with zero attached hydrogens (tertiary/aromatic N) is 4. The fourth-order valence-electron chi connectivity index (χ4n) is 3.84. The summed E-state index contributed by atoms with van der Waals surface area (Å²) in [5.41, 5.74) is 1.89. The van der Waals surface area contributed by atoms with Crippen molar-refractivity contribution in [1.29, 1.82) is 0 Å². The molecule has 4 rings (SSSR count). The van der Waals surface area contributed by atoms with Gasteiger partial charge in [0.1, 0.15) is 11.6 Å². The monoisotopic (exact) mass is 461 g/mol. The number of halogens is 1. The van der Waals surface area contributed by atoms with Crippen LogP contribution >= 0.6 is 11.6 Å². The molecular weight excluding hydrogens is 438 g/mol. The molecule has 0 radical (unpaired) electrons. The summed E-state index contributed by atoms with van der Waals surface area (Å²) in [4.78, 5) is 13.1. The number of piperidine rings is 1.